The minimum Gasteiger partial charge on any atom is -0.317 e. The Kier molecular flexibility index (Phi) is 6.26. The van der Waals surface area contributed by atoms with E-state index >= 15 is 0 Å². The van der Waals surface area contributed by atoms with Crippen molar-refractivity contribution in [3.63, 3.8) is 0 Å². The third kappa shape index (κ3) is 4.04. The molecule has 0 amide bonds. The van der Waals surface area contributed by atoms with E-state index in [1.54, 1.807) is 0 Å². The molecule has 0 aromatic heterocycles. The zero-order chi connectivity index (χ0) is 13.6. The van der Waals surface area contributed by atoms with Gasteiger partial charge in [-0.1, -0.05) is 6.92 Å². The molecular formula is C14H29N3O. The van der Waals surface area contributed by atoms with Crippen LogP contribution in [0.25, 0.3) is 0 Å². The highest BCUT2D eigenvalue weighted by atomic mass is 16.1. The molecule has 3 unspecified atom stereocenters. The maximum atomic E-state index is 10.6. The quantitative estimate of drug-likeness (QED) is 0.471. The first-order chi connectivity index (χ1) is 8.59. The standard InChI is InChI=1S/C14H29N3O/c1-11(5-6-18)7-12-8-13(15-2)10-14(9-12,16-3)17-4/h6,11-13,15-17H,5,7-10H2,1-4H3. The number of nitrogens with one attached hydrogen (secondary N) is 3. The maximum Gasteiger partial charge on any atom is 0.120 e. The van der Waals surface area contributed by atoms with Gasteiger partial charge in [0.25, 0.3) is 0 Å². The van der Waals surface area contributed by atoms with Crippen LogP contribution in [0.4, 0.5) is 0 Å². The number of carbonyl (C=O) groups excluding carboxylic acids is 1. The molecule has 4 heteroatoms. The van der Waals surface area contributed by atoms with Crippen molar-refractivity contribution >= 4 is 6.29 Å². The van der Waals surface area contributed by atoms with Crippen LogP contribution in [0.5, 0.6) is 0 Å². The highest BCUT2D eigenvalue weighted by Gasteiger charge is 2.38. The SMILES string of the molecule is CNC1CC(CC(C)CC=O)CC(NC)(NC)C1. The van der Waals surface area contributed by atoms with Gasteiger partial charge in [0.05, 0.1) is 5.66 Å². The van der Waals surface area contributed by atoms with Crippen molar-refractivity contribution in [3.05, 3.63) is 0 Å². The van der Waals surface area contributed by atoms with Crippen LogP contribution in [0.15, 0.2) is 0 Å². The highest BCUT2D eigenvalue weighted by Crippen LogP contribution is 2.34. The molecule has 0 radical (unpaired) electrons. The van der Waals surface area contributed by atoms with Gasteiger partial charge < -0.3 is 20.7 Å². The zero-order valence-corrected chi connectivity index (χ0v) is 12.3. The van der Waals surface area contributed by atoms with Gasteiger partial charge in [-0.2, -0.15) is 0 Å². The molecule has 0 bridgehead atoms. The first kappa shape index (κ1) is 15.6. The summed E-state index contributed by atoms with van der Waals surface area (Å²) in [6.45, 7) is 2.18. The summed E-state index contributed by atoms with van der Waals surface area (Å²) in [5, 5.41) is 10.3. The molecule has 1 aliphatic rings. The molecule has 0 aliphatic heterocycles. The van der Waals surface area contributed by atoms with E-state index < -0.39 is 0 Å². The Morgan fingerprint density at radius 3 is 2.44 bits per heavy atom. The van der Waals surface area contributed by atoms with Gasteiger partial charge in [-0.25, -0.2) is 0 Å². The molecule has 1 saturated carbocycles. The van der Waals surface area contributed by atoms with Crippen LogP contribution in [0.2, 0.25) is 0 Å². The second-order valence-electron chi connectivity index (χ2n) is 5.82. The zero-order valence-electron chi connectivity index (χ0n) is 12.3. The molecular weight excluding hydrogens is 226 g/mol. The Bertz CT molecular complexity index is 253. The van der Waals surface area contributed by atoms with E-state index in [2.05, 4.69) is 22.9 Å². The number of rotatable bonds is 7. The molecule has 3 atom stereocenters. The van der Waals surface area contributed by atoms with Crippen molar-refractivity contribution in [2.24, 2.45) is 11.8 Å². The molecule has 0 aromatic carbocycles. The fourth-order valence-corrected chi connectivity index (χ4v) is 3.33. The summed E-state index contributed by atoms with van der Waals surface area (Å²) in [4.78, 5) is 10.6. The number of hydrogen-bond acceptors (Lipinski definition) is 4. The summed E-state index contributed by atoms with van der Waals surface area (Å²) < 4.78 is 0. The van der Waals surface area contributed by atoms with Gasteiger partial charge in [-0.05, 0) is 58.7 Å². The summed E-state index contributed by atoms with van der Waals surface area (Å²) in [5.41, 5.74) is 0.0392. The van der Waals surface area contributed by atoms with E-state index in [0.717, 1.165) is 25.5 Å². The van der Waals surface area contributed by atoms with E-state index in [4.69, 9.17) is 0 Å². The fraction of sp³-hybridized carbons (Fsp3) is 0.929. The first-order valence-corrected chi connectivity index (χ1v) is 7.07. The molecule has 0 aromatic rings. The van der Waals surface area contributed by atoms with Crippen LogP contribution in [0.3, 0.4) is 0 Å². The first-order valence-electron chi connectivity index (χ1n) is 7.07. The molecule has 106 valence electrons. The number of hydrogen-bond donors (Lipinski definition) is 3. The number of aldehydes is 1. The van der Waals surface area contributed by atoms with Gasteiger partial charge >= 0.3 is 0 Å². The Balaban J connectivity index is 2.64. The van der Waals surface area contributed by atoms with E-state index in [1.165, 1.54) is 6.42 Å². The molecule has 0 heterocycles. The fourth-order valence-electron chi connectivity index (χ4n) is 3.33. The average Bonchev–Trinajstić information content (AvgIpc) is 2.38. The average molecular weight is 255 g/mol. The van der Waals surface area contributed by atoms with Gasteiger partial charge in [0, 0.05) is 12.5 Å². The predicted octanol–water partition coefficient (Wildman–Crippen LogP) is 1.12. The van der Waals surface area contributed by atoms with E-state index in [-0.39, 0.29) is 5.66 Å². The Morgan fingerprint density at radius 1 is 1.28 bits per heavy atom. The van der Waals surface area contributed by atoms with Crippen molar-refractivity contribution in [2.45, 2.75) is 50.7 Å². The summed E-state index contributed by atoms with van der Waals surface area (Å²) in [7, 11) is 6.10. The van der Waals surface area contributed by atoms with Gasteiger partial charge in [0.1, 0.15) is 6.29 Å². The van der Waals surface area contributed by atoms with E-state index in [1.807, 2.05) is 21.1 Å². The van der Waals surface area contributed by atoms with Crippen molar-refractivity contribution in [2.75, 3.05) is 21.1 Å². The maximum absolute atomic E-state index is 10.6. The van der Waals surface area contributed by atoms with Crippen LogP contribution < -0.4 is 16.0 Å². The second kappa shape index (κ2) is 7.22. The molecule has 0 spiro atoms. The van der Waals surface area contributed by atoms with Crippen LogP contribution in [0.1, 0.15) is 39.0 Å². The Hall–Kier alpha value is -0.450. The van der Waals surface area contributed by atoms with Crippen LogP contribution in [-0.4, -0.2) is 39.1 Å². The second-order valence-corrected chi connectivity index (χ2v) is 5.82. The monoisotopic (exact) mass is 255 g/mol. The van der Waals surface area contributed by atoms with Gasteiger partial charge in [0.15, 0.2) is 0 Å². The molecule has 0 saturated heterocycles. The van der Waals surface area contributed by atoms with Gasteiger partial charge in [-0.15, -0.1) is 0 Å². The molecule has 1 fully saturated rings. The van der Waals surface area contributed by atoms with Gasteiger partial charge in [0.2, 0.25) is 0 Å². The van der Waals surface area contributed by atoms with Crippen LogP contribution >= 0.6 is 0 Å². The lowest BCUT2D eigenvalue weighted by atomic mass is 9.74. The minimum absolute atomic E-state index is 0.0392. The smallest absolute Gasteiger partial charge is 0.120 e. The van der Waals surface area contributed by atoms with Crippen molar-refractivity contribution in [3.8, 4) is 0 Å². The summed E-state index contributed by atoms with van der Waals surface area (Å²) in [6, 6.07) is 0.548. The van der Waals surface area contributed by atoms with E-state index in [9.17, 15) is 4.79 Å². The van der Waals surface area contributed by atoms with Crippen LogP contribution in [-0.2, 0) is 4.79 Å². The summed E-state index contributed by atoms with van der Waals surface area (Å²) in [6.07, 6.45) is 6.34. The molecule has 1 aliphatic carbocycles. The van der Waals surface area contributed by atoms with E-state index in [0.29, 0.717) is 24.3 Å². The lowest BCUT2D eigenvalue weighted by molar-refractivity contribution is -0.108. The Morgan fingerprint density at radius 2 is 1.94 bits per heavy atom. The summed E-state index contributed by atoms with van der Waals surface area (Å²) >= 11 is 0. The molecule has 1 rings (SSSR count). The van der Waals surface area contributed by atoms with Crippen molar-refractivity contribution in [1.29, 1.82) is 0 Å². The lowest BCUT2D eigenvalue weighted by Crippen LogP contribution is -2.60. The van der Waals surface area contributed by atoms with Gasteiger partial charge in [-0.3, -0.25) is 0 Å². The third-order valence-corrected chi connectivity index (χ3v) is 4.45. The molecule has 4 nitrogen and oxygen atoms in total. The normalized spacial score (nSPS) is 28.9. The molecule has 3 N–H and O–H groups in total. The molecule has 18 heavy (non-hydrogen) atoms. The van der Waals surface area contributed by atoms with Crippen LogP contribution in [0, 0.1) is 11.8 Å². The number of carbonyl (C=O) groups is 1. The minimum atomic E-state index is 0.0392. The Labute approximate surface area is 111 Å². The van der Waals surface area contributed by atoms with Crippen molar-refractivity contribution in [1.82, 2.24) is 16.0 Å². The van der Waals surface area contributed by atoms with Crippen molar-refractivity contribution < 1.29 is 4.79 Å². The predicted molar refractivity (Wildman–Crippen MR) is 75.5 cm³/mol. The largest absolute Gasteiger partial charge is 0.317 e. The third-order valence-electron chi connectivity index (χ3n) is 4.45. The summed E-state index contributed by atoms with van der Waals surface area (Å²) in [5.74, 6) is 1.17. The highest BCUT2D eigenvalue weighted by molar-refractivity contribution is 5.49. The lowest BCUT2D eigenvalue weighted by Gasteiger charge is -2.45. The topological polar surface area (TPSA) is 53.2 Å².